The van der Waals surface area contributed by atoms with Gasteiger partial charge in [0.2, 0.25) is 11.3 Å². The van der Waals surface area contributed by atoms with E-state index in [1.165, 1.54) is 0 Å². The molecule has 7 heteroatoms. The summed E-state index contributed by atoms with van der Waals surface area (Å²) >= 11 is 4.38. The Hall–Kier alpha value is -1.99. The van der Waals surface area contributed by atoms with E-state index in [-0.39, 0.29) is 6.54 Å². The summed E-state index contributed by atoms with van der Waals surface area (Å²) in [5.41, 5.74) is 3.50. The van der Waals surface area contributed by atoms with Crippen molar-refractivity contribution in [3.63, 3.8) is 0 Å². The van der Waals surface area contributed by atoms with Crippen LogP contribution in [0.5, 0.6) is 5.75 Å². The van der Waals surface area contributed by atoms with Crippen LogP contribution in [-0.4, -0.2) is 20.9 Å². The van der Waals surface area contributed by atoms with Gasteiger partial charge in [-0.1, -0.05) is 23.7 Å². The molecule has 2 N–H and O–H groups in total. The molecular weight excluding hydrogens is 348 g/mol. The van der Waals surface area contributed by atoms with Gasteiger partial charge in [-0.3, -0.25) is 9.54 Å². The third-order valence-corrected chi connectivity index (χ3v) is 4.38. The zero-order chi connectivity index (χ0) is 17.1. The lowest BCUT2D eigenvalue weighted by molar-refractivity contribution is 0.415. The monoisotopic (exact) mass is 362 g/mol. The number of aromatic nitrogens is 1. The maximum Gasteiger partial charge on any atom is 0.232 e. The number of hydrogen-bond donors (Lipinski definition) is 2. The van der Waals surface area contributed by atoms with Gasteiger partial charge in [-0.05, 0) is 35.4 Å². The molecule has 124 valence electrons. The smallest absolute Gasteiger partial charge is 0.232 e. The number of fused-ring (bicyclic) bond motifs is 1. The molecule has 1 unspecified atom stereocenters. The first-order chi connectivity index (χ1) is 11.6. The highest BCUT2D eigenvalue weighted by Gasteiger charge is 2.10. The molecule has 0 fully saturated rings. The molecule has 1 aromatic heterocycles. The predicted octanol–water partition coefficient (Wildman–Crippen LogP) is 3.79. The molecule has 1 heterocycles. The van der Waals surface area contributed by atoms with Gasteiger partial charge in [0.05, 0.1) is 12.6 Å². The molecule has 0 radical (unpaired) electrons. The minimum absolute atomic E-state index is 0.261. The Kier molecular flexibility index (Phi) is 5.11. The highest BCUT2D eigenvalue weighted by Crippen LogP contribution is 2.34. The quantitative estimate of drug-likeness (QED) is 0.677. The average Bonchev–Trinajstić information content (AvgIpc) is 2.59. The Morgan fingerprint density at radius 3 is 2.75 bits per heavy atom. The van der Waals surface area contributed by atoms with Crippen molar-refractivity contribution in [2.24, 2.45) is 0 Å². The molecule has 0 aliphatic heterocycles. The summed E-state index contributed by atoms with van der Waals surface area (Å²) in [7, 11) is 1.62. The molecule has 0 aliphatic rings. The Morgan fingerprint density at radius 2 is 2.04 bits per heavy atom. The summed E-state index contributed by atoms with van der Waals surface area (Å²) in [6.45, 7) is 0.261. The van der Waals surface area contributed by atoms with Gasteiger partial charge in [0.1, 0.15) is 5.75 Å². The third-order valence-electron chi connectivity index (χ3n) is 3.67. The van der Waals surface area contributed by atoms with Gasteiger partial charge in [-0.2, -0.15) is 0 Å². The maximum atomic E-state index is 10.7. The van der Waals surface area contributed by atoms with Gasteiger partial charge in [0.25, 0.3) is 0 Å². The number of ether oxygens (including phenoxy) is 1. The van der Waals surface area contributed by atoms with Crippen LogP contribution in [0.2, 0.25) is 5.02 Å². The van der Waals surface area contributed by atoms with Gasteiger partial charge in [0, 0.05) is 34.8 Å². The molecule has 0 spiro atoms. The fourth-order valence-electron chi connectivity index (χ4n) is 2.52. The van der Waals surface area contributed by atoms with E-state index in [1.807, 2.05) is 36.4 Å². The van der Waals surface area contributed by atoms with Crippen molar-refractivity contribution >= 4 is 33.8 Å². The van der Waals surface area contributed by atoms with E-state index in [2.05, 4.69) is 9.71 Å². The largest absolute Gasteiger partial charge is 0.497 e. The normalized spacial score (nSPS) is 12.3. The lowest BCUT2D eigenvalue weighted by Gasteiger charge is -2.11. The summed E-state index contributed by atoms with van der Waals surface area (Å²) in [4.78, 5) is 4.38. The summed E-state index contributed by atoms with van der Waals surface area (Å²) < 4.78 is 27.2. The van der Waals surface area contributed by atoms with E-state index in [0.29, 0.717) is 5.02 Å². The third kappa shape index (κ3) is 3.57. The number of nitrogens with one attached hydrogen (secondary N) is 1. The summed E-state index contributed by atoms with van der Waals surface area (Å²) in [6.07, 6.45) is 1.73. The second-order valence-electron chi connectivity index (χ2n) is 5.13. The van der Waals surface area contributed by atoms with Crippen LogP contribution in [0.25, 0.3) is 22.0 Å². The Bertz CT molecular complexity index is 917. The molecule has 3 aromatic rings. The van der Waals surface area contributed by atoms with E-state index in [9.17, 15) is 4.21 Å². The number of methoxy groups -OCH3 is 1. The highest BCUT2D eigenvalue weighted by molar-refractivity contribution is 7.77. The highest BCUT2D eigenvalue weighted by atomic mass is 35.5. The molecule has 5 nitrogen and oxygen atoms in total. The lowest BCUT2D eigenvalue weighted by Crippen LogP contribution is -2.15. The second-order valence-corrected chi connectivity index (χ2v) is 6.32. The van der Waals surface area contributed by atoms with Crippen molar-refractivity contribution in [1.82, 2.24) is 9.71 Å². The van der Waals surface area contributed by atoms with Crippen molar-refractivity contribution in [3.8, 4) is 16.9 Å². The van der Waals surface area contributed by atoms with Gasteiger partial charge < -0.3 is 4.74 Å². The Labute approximate surface area is 147 Å². The molecule has 0 bridgehead atoms. The number of hydrogen-bond acceptors (Lipinski definition) is 3. The molecule has 1 atom stereocenters. The minimum atomic E-state index is -2.05. The molecule has 0 aliphatic carbocycles. The second kappa shape index (κ2) is 7.27. The average molecular weight is 363 g/mol. The van der Waals surface area contributed by atoms with Crippen molar-refractivity contribution in [2.45, 2.75) is 6.54 Å². The Balaban J connectivity index is 2.02. The zero-order valence-corrected chi connectivity index (χ0v) is 14.4. The number of pyridine rings is 1. The van der Waals surface area contributed by atoms with Crippen LogP contribution >= 0.6 is 11.6 Å². The van der Waals surface area contributed by atoms with Crippen LogP contribution < -0.4 is 9.46 Å². The fourth-order valence-corrected chi connectivity index (χ4v) is 3.12. The first-order valence-electron chi connectivity index (χ1n) is 7.14. The van der Waals surface area contributed by atoms with Gasteiger partial charge in [0.15, 0.2) is 0 Å². The SMILES string of the molecule is COc1ccc2c(-c3ccc(CNS(=O)O)cc3Cl)ccnc2c1. The van der Waals surface area contributed by atoms with E-state index in [0.717, 1.165) is 33.3 Å². The van der Waals surface area contributed by atoms with E-state index >= 15 is 0 Å². The molecule has 0 saturated carbocycles. The Morgan fingerprint density at radius 1 is 1.21 bits per heavy atom. The number of nitrogens with zero attached hydrogens (tertiary/aromatic N) is 1. The molecular formula is C17H15ClN2O3S. The van der Waals surface area contributed by atoms with Crippen molar-refractivity contribution < 1.29 is 13.5 Å². The van der Waals surface area contributed by atoms with E-state index in [1.54, 1.807) is 19.4 Å². The fraction of sp³-hybridized carbons (Fsp3) is 0.118. The van der Waals surface area contributed by atoms with Gasteiger partial charge >= 0.3 is 0 Å². The first kappa shape index (κ1) is 16.9. The molecule has 0 amide bonds. The molecule has 24 heavy (non-hydrogen) atoms. The van der Waals surface area contributed by atoms with Crippen LogP contribution in [0.1, 0.15) is 5.56 Å². The number of halogens is 1. The topological polar surface area (TPSA) is 71.5 Å². The van der Waals surface area contributed by atoms with Crippen LogP contribution in [0.15, 0.2) is 48.7 Å². The number of rotatable bonds is 5. The summed E-state index contributed by atoms with van der Waals surface area (Å²) in [5.74, 6) is 0.747. The van der Waals surface area contributed by atoms with Crippen LogP contribution in [-0.2, 0) is 17.8 Å². The van der Waals surface area contributed by atoms with Gasteiger partial charge in [-0.25, -0.2) is 8.93 Å². The van der Waals surface area contributed by atoms with E-state index < -0.39 is 11.3 Å². The van der Waals surface area contributed by atoms with Crippen molar-refractivity contribution in [2.75, 3.05) is 7.11 Å². The molecule has 3 rings (SSSR count). The lowest BCUT2D eigenvalue weighted by atomic mass is 10.00. The summed E-state index contributed by atoms with van der Waals surface area (Å²) in [5, 5.41) is 1.55. The van der Waals surface area contributed by atoms with Crippen molar-refractivity contribution in [1.29, 1.82) is 0 Å². The molecule has 0 saturated heterocycles. The standard InChI is InChI=1S/C17H15ClN2O3S/c1-23-12-3-5-15-13(6-7-19-17(15)9-12)14-4-2-11(8-16(14)18)10-20-24(21)22/h2-9,20H,10H2,1H3,(H,21,22). The zero-order valence-electron chi connectivity index (χ0n) is 12.8. The van der Waals surface area contributed by atoms with Gasteiger partial charge in [-0.15, -0.1) is 0 Å². The van der Waals surface area contributed by atoms with E-state index in [4.69, 9.17) is 20.9 Å². The number of benzene rings is 2. The van der Waals surface area contributed by atoms with Crippen LogP contribution in [0, 0.1) is 0 Å². The van der Waals surface area contributed by atoms with Crippen molar-refractivity contribution in [3.05, 3.63) is 59.2 Å². The molecule has 2 aromatic carbocycles. The minimum Gasteiger partial charge on any atom is -0.497 e. The summed E-state index contributed by atoms with van der Waals surface area (Å²) in [6, 6.07) is 13.2. The predicted molar refractivity (Wildman–Crippen MR) is 96.4 cm³/mol. The maximum absolute atomic E-state index is 10.7. The van der Waals surface area contributed by atoms with Crippen LogP contribution in [0.3, 0.4) is 0 Å². The first-order valence-corrected chi connectivity index (χ1v) is 8.63. The van der Waals surface area contributed by atoms with Crippen LogP contribution in [0.4, 0.5) is 0 Å².